The summed E-state index contributed by atoms with van der Waals surface area (Å²) in [5, 5.41) is 3.96. The molecule has 0 aliphatic carbocycles. The number of nitrogens with zero attached hydrogens (tertiary/aromatic N) is 2. The number of hydrogen-bond donors (Lipinski definition) is 1. The highest BCUT2D eigenvalue weighted by molar-refractivity contribution is 9.10. The molecule has 0 saturated heterocycles. The maximum absolute atomic E-state index is 12.2. The van der Waals surface area contributed by atoms with E-state index in [4.69, 9.17) is 5.73 Å². The summed E-state index contributed by atoms with van der Waals surface area (Å²) in [6, 6.07) is 6.56. The van der Waals surface area contributed by atoms with Crippen molar-refractivity contribution in [3.05, 3.63) is 41.1 Å². The Hall–Kier alpha value is -1.34. The van der Waals surface area contributed by atoms with Crippen LogP contribution in [0, 0.1) is 0 Å². The summed E-state index contributed by atoms with van der Waals surface area (Å²) < 4.78 is 26.6. The van der Waals surface area contributed by atoms with E-state index in [1.54, 1.807) is 35.3 Å². The molecule has 0 aliphatic rings. The van der Waals surface area contributed by atoms with Gasteiger partial charge in [0.2, 0.25) is 0 Å². The predicted molar refractivity (Wildman–Crippen MR) is 72.8 cm³/mol. The summed E-state index contributed by atoms with van der Waals surface area (Å²) in [5.74, 6) is -0.0324. The first-order valence-corrected chi connectivity index (χ1v) is 7.69. The maximum atomic E-state index is 12.2. The fourth-order valence-corrected chi connectivity index (χ4v) is 3.43. The molecule has 1 aromatic heterocycles. The molecule has 0 saturated carbocycles. The van der Waals surface area contributed by atoms with Crippen LogP contribution in [0.2, 0.25) is 0 Å². The fraction of sp³-hybridized carbons (Fsp3) is 0.182. The molecule has 7 heteroatoms. The van der Waals surface area contributed by atoms with Crippen molar-refractivity contribution in [1.82, 2.24) is 9.78 Å². The number of sulfone groups is 1. The first kappa shape index (κ1) is 13.1. The van der Waals surface area contributed by atoms with Crippen LogP contribution >= 0.6 is 15.9 Å². The molecule has 0 atom stereocenters. The van der Waals surface area contributed by atoms with Crippen LogP contribution < -0.4 is 5.73 Å². The molecular formula is C11H12BrN3O2S. The van der Waals surface area contributed by atoms with E-state index < -0.39 is 9.84 Å². The van der Waals surface area contributed by atoms with Crippen LogP contribution in [-0.2, 0) is 16.4 Å². The Morgan fingerprint density at radius 1 is 1.39 bits per heavy atom. The highest BCUT2D eigenvalue weighted by atomic mass is 79.9. The standard InChI is InChI=1S/C11H12BrN3O2S/c12-9-2-3-10(13)11(8-9)18(16,17)7-6-15-5-1-4-14-15/h1-5,8H,6-7,13H2. The third kappa shape index (κ3) is 2.91. The fourth-order valence-electron chi connectivity index (χ4n) is 1.53. The van der Waals surface area contributed by atoms with Gasteiger partial charge >= 0.3 is 0 Å². The van der Waals surface area contributed by atoms with Gasteiger partial charge in [-0.05, 0) is 24.3 Å². The van der Waals surface area contributed by atoms with Gasteiger partial charge in [-0.25, -0.2) is 8.42 Å². The van der Waals surface area contributed by atoms with E-state index in [1.165, 1.54) is 6.07 Å². The molecule has 0 amide bonds. The number of halogens is 1. The molecule has 0 spiro atoms. The minimum Gasteiger partial charge on any atom is -0.398 e. The van der Waals surface area contributed by atoms with Gasteiger partial charge in [0.05, 0.1) is 22.9 Å². The number of nitrogen functional groups attached to an aromatic ring is 1. The zero-order valence-electron chi connectivity index (χ0n) is 9.45. The summed E-state index contributed by atoms with van der Waals surface area (Å²) in [6.45, 7) is 0.307. The molecule has 1 aromatic carbocycles. The topological polar surface area (TPSA) is 78.0 Å². The minimum atomic E-state index is -3.41. The highest BCUT2D eigenvalue weighted by Crippen LogP contribution is 2.24. The molecule has 96 valence electrons. The third-order valence-corrected chi connectivity index (χ3v) is 4.70. The summed E-state index contributed by atoms with van der Waals surface area (Å²) >= 11 is 3.24. The molecule has 5 nitrogen and oxygen atoms in total. The molecule has 0 unspecified atom stereocenters. The number of aryl methyl sites for hydroxylation is 1. The van der Waals surface area contributed by atoms with Crippen molar-refractivity contribution in [1.29, 1.82) is 0 Å². The summed E-state index contributed by atoms with van der Waals surface area (Å²) in [6.07, 6.45) is 3.33. The van der Waals surface area contributed by atoms with Gasteiger partial charge in [0.15, 0.2) is 9.84 Å². The van der Waals surface area contributed by atoms with E-state index in [1.807, 2.05) is 0 Å². The molecule has 2 rings (SSSR count). The number of anilines is 1. The van der Waals surface area contributed by atoms with Crippen LogP contribution in [0.25, 0.3) is 0 Å². The van der Waals surface area contributed by atoms with Crippen LogP contribution in [0.15, 0.2) is 46.0 Å². The Balaban J connectivity index is 2.22. The molecular weight excluding hydrogens is 318 g/mol. The van der Waals surface area contributed by atoms with Crippen LogP contribution in [0.3, 0.4) is 0 Å². The SMILES string of the molecule is Nc1ccc(Br)cc1S(=O)(=O)CCn1cccn1. The van der Waals surface area contributed by atoms with E-state index >= 15 is 0 Å². The Kier molecular flexibility index (Phi) is 3.72. The van der Waals surface area contributed by atoms with Crippen LogP contribution in [0.1, 0.15) is 0 Å². The van der Waals surface area contributed by atoms with Gasteiger partial charge in [-0.3, -0.25) is 4.68 Å². The quantitative estimate of drug-likeness (QED) is 0.866. The highest BCUT2D eigenvalue weighted by Gasteiger charge is 2.18. The predicted octanol–water partition coefficient (Wildman–Crippen LogP) is 1.70. The molecule has 0 fully saturated rings. The number of hydrogen-bond acceptors (Lipinski definition) is 4. The average molecular weight is 330 g/mol. The van der Waals surface area contributed by atoms with Gasteiger partial charge in [-0.2, -0.15) is 5.10 Å². The van der Waals surface area contributed by atoms with Crippen molar-refractivity contribution in [3.63, 3.8) is 0 Å². The lowest BCUT2D eigenvalue weighted by atomic mass is 10.3. The monoisotopic (exact) mass is 329 g/mol. The molecule has 0 radical (unpaired) electrons. The maximum Gasteiger partial charge on any atom is 0.182 e. The van der Waals surface area contributed by atoms with E-state index in [9.17, 15) is 8.42 Å². The lowest BCUT2D eigenvalue weighted by Crippen LogP contribution is -2.15. The van der Waals surface area contributed by atoms with E-state index in [0.29, 0.717) is 11.0 Å². The molecule has 18 heavy (non-hydrogen) atoms. The van der Waals surface area contributed by atoms with Crippen LogP contribution in [0.5, 0.6) is 0 Å². The molecule has 2 aromatic rings. The lowest BCUT2D eigenvalue weighted by Gasteiger charge is -2.08. The summed E-state index contributed by atoms with van der Waals surface area (Å²) in [5.41, 5.74) is 5.96. The lowest BCUT2D eigenvalue weighted by molar-refractivity contribution is 0.581. The van der Waals surface area contributed by atoms with Gasteiger partial charge in [0, 0.05) is 16.9 Å². The second-order valence-corrected chi connectivity index (χ2v) is 6.76. The largest absolute Gasteiger partial charge is 0.398 e. The third-order valence-electron chi connectivity index (χ3n) is 2.46. The van der Waals surface area contributed by atoms with Crippen molar-refractivity contribution in [2.75, 3.05) is 11.5 Å². The van der Waals surface area contributed by atoms with Crippen LogP contribution in [-0.4, -0.2) is 24.0 Å². The van der Waals surface area contributed by atoms with Gasteiger partial charge in [-0.1, -0.05) is 15.9 Å². The van der Waals surface area contributed by atoms with Crippen molar-refractivity contribution < 1.29 is 8.42 Å². The number of aromatic nitrogens is 2. The zero-order valence-corrected chi connectivity index (χ0v) is 11.9. The molecule has 0 aliphatic heterocycles. The van der Waals surface area contributed by atoms with Crippen molar-refractivity contribution in [2.24, 2.45) is 0 Å². The second-order valence-electron chi connectivity index (χ2n) is 3.77. The van der Waals surface area contributed by atoms with Crippen molar-refractivity contribution in [2.45, 2.75) is 11.4 Å². The Morgan fingerprint density at radius 2 is 2.17 bits per heavy atom. The smallest absolute Gasteiger partial charge is 0.182 e. The summed E-state index contributed by atoms with van der Waals surface area (Å²) in [4.78, 5) is 0.157. The van der Waals surface area contributed by atoms with Gasteiger partial charge in [0.25, 0.3) is 0 Å². The van der Waals surface area contributed by atoms with Crippen LogP contribution in [0.4, 0.5) is 5.69 Å². The number of rotatable bonds is 4. The number of benzene rings is 1. The average Bonchev–Trinajstić information content (AvgIpc) is 2.83. The molecule has 0 bridgehead atoms. The normalized spacial score (nSPS) is 11.6. The summed E-state index contributed by atoms with van der Waals surface area (Å²) in [7, 11) is -3.41. The Labute approximate surface area is 114 Å². The zero-order chi connectivity index (χ0) is 13.2. The first-order valence-electron chi connectivity index (χ1n) is 5.24. The van der Waals surface area contributed by atoms with Gasteiger partial charge in [-0.15, -0.1) is 0 Å². The Bertz CT molecular complexity index is 638. The van der Waals surface area contributed by atoms with E-state index in [0.717, 1.165) is 0 Å². The van der Waals surface area contributed by atoms with Gasteiger partial charge < -0.3 is 5.73 Å². The van der Waals surface area contributed by atoms with E-state index in [2.05, 4.69) is 21.0 Å². The van der Waals surface area contributed by atoms with E-state index in [-0.39, 0.29) is 16.3 Å². The van der Waals surface area contributed by atoms with Gasteiger partial charge in [0.1, 0.15) is 0 Å². The molecule has 1 heterocycles. The number of nitrogens with two attached hydrogens (primary N) is 1. The van der Waals surface area contributed by atoms with Crippen molar-refractivity contribution in [3.8, 4) is 0 Å². The first-order chi connectivity index (χ1) is 8.49. The second kappa shape index (κ2) is 5.11. The Morgan fingerprint density at radius 3 is 2.83 bits per heavy atom. The van der Waals surface area contributed by atoms with Crippen molar-refractivity contribution >= 4 is 31.5 Å². The minimum absolute atomic E-state index is 0.0324. The molecule has 2 N–H and O–H groups in total.